The summed E-state index contributed by atoms with van der Waals surface area (Å²) in [6.45, 7) is 6.68. The molecule has 1 rings (SSSR count). The third kappa shape index (κ3) is 11.3. The van der Waals surface area contributed by atoms with Gasteiger partial charge in [-0.2, -0.15) is 0 Å². The Morgan fingerprint density at radius 1 is 1.00 bits per heavy atom. The van der Waals surface area contributed by atoms with Crippen LogP contribution >= 0.6 is 0 Å². The highest BCUT2D eigenvalue weighted by atomic mass is 16.5. The number of ketones is 1. The van der Waals surface area contributed by atoms with Crippen molar-refractivity contribution in [1.82, 2.24) is 16.0 Å². The number of Topliss-reactive ketones (excluding diaryl/α,β-unsaturated/α-hetero) is 1. The van der Waals surface area contributed by atoms with Crippen LogP contribution in [0.4, 0.5) is 0 Å². The molecule has 1 aromatic rings. The van der Waals surface area contributed by atoms with Crippen LogP contribution in [0.2, 0.25) is 0 Å². The van der Waals surface area contributed by atoms with Crippen molar-refractivity contribution in [2.24, 2.45) is 0 Å². The summed E-state index contributed by atoms with van der Waals surface area (Å²) in [6.07, 6.45) is 0.670. The topological polar surface area (TPSA) is 114 Å². The molecule has 0 spiro atoms. The molecule has 0 saturated carbocycles. The van der Waals surface area contributed by atoms with Crippen molar-refractivity contribution >= 4 is 23.6 Å². The first-order chi connectivity index (χ1) is 14.2. The predicted molar refractivity (Wildman–Crippen MR) is 114 cm³/mol. The van der Waals surface area contributed by atoms with Gasteiger partial charge in [0.1, 0.15) is 11.8 Å². The van der Waals surface area contributed by atoms with E-state index in [4.69, 9.17) is 4.74 Å². The number of hydrogen-bond acceptors (Lipinski definition) is 6. The molecule has 30 heavy (non-hydrogen) atoms. The van der Waals surface area contributed by atoms with Crippen LogP contribution in [0.15, 0.2) is 30.3 Å². The largest absolute Gasteiger partial charge is 0.461 e. The van der Waals surface area contributed by atoms with Crippen molar-refractivity contribution in [2.45, 2.75) is 65.1 Å². The molecule has 0 fully saturated rings. The molecule has 0 heterocycles. The van der Waals surface area contributed by atoms with Gasteiger partial charge in [-0.05, 0) is 39.2 Å². The summed E-state index contributed by atoms with van der Waals surface area (Å²) in [5, 5.41) is 8.51. The maximum Gasteiger partial charge on any atom is 0.328 e. The molecule has 1 aromatic carbocycles. The molecule has 0 aliphatic heterocycles. The summed E-state index contributed by atoms with van der Waals surface area (Å²) in [5.41, 5.74) is 1.07. The fourth-order valence-corrected chi connectivity index (χ4v) is 2.88. The summed E-state index contributed by atoms with van der Waals surface area (Å²) < 4.78 is 5.17. The van der Waals surface area contributed by atoms with E-state index in [1.807, 2.05) is 30.3 Å². The van der Waals surface area contributed by atoms with Crippen molar-refractivity contribution in [3.63, 3.8) is 0 Å². The van der Waals surface area contributed by atoms with Crippen LogP contribution in [0.3, 0.4) is 0 Å². The van der Waals surface area contributed by atoms with Crippen LogP contribution < -0.4 is 16.0 Å². The zero-order chi connectivity index (χ0) is 22.5. The lowest BCUT2D eigenvalue weighted by molar-refractivity contribution is -0.151. The van der Waals surface area contributed by atoms with E-state index in [1.165, 1.54) is 13.8 Å². The second kappa shape index (κ2) is 13.5. The van der Waals surface area contributed by atoms with Gasteiger partial charge in [-0.3, -0.25) is 9.59 Å². The van der Waals surface area contributed by atoms with Gasteiger partial charge >= 0.3 is 5.97 Å². The Hall–Kier alpha value is -2.74. The highest BCUT2D eigenvalue weighted by Crippen LogP contribution is 2.04. The number of esters is 1. The molecule has 2 amide bonds. The summed E-state index contributed by atoms with van der Waals surface area (Å²) in [6, 6.07) is 8.67. The lowest BCUT2D eigenvalue weighted by Gasteiger charge is -2.20. The SMILES string of the molecule is CC(=O)CCC(NC(=O)CNCC(Cc1ccccc1)NC(C)=O)C(=O)OC(C)C. The number of rotatable bonds is 13. The molecular formula is C22H33N3O5. The monoisotopic (exact) mass is 419 g/mol. The quantitative estimate of drug-likeness (QED) is 0.413. The van der Waals surface area contributed by atoms with Crippen molar-refractivity contribution in [3.8, 4) is 0 Å². The smallest absolute Gasteiger partial charge is 0.328 e. The van der Waals surface area contributed by atoms with Crippen LogP contribution in [0.1, 0.15) is 46.1 Å². The van der Waals surface area contributed by atoms with Gasteiger partial charge in [0.25, 0.3) is 0 Å². The molecule has 8 heteroatoms. The Balaban J connectivity index is 2.57. The number of amides is 2. The van der Waals surface area contributed by atoms with Gasteiger partial charge in [0.15, 0.2) is 0 Å². The van der Waals surface area contributed by atoms with E-state index in [9.17, 15) is 19.2 Å². The van der Waals surface area contributed by atoms with Gasteiger partial charge in [-0.1, -0.05) is 30.3 Å². The van der Waals surface area contributed by atoms with Gasteiger partial charge in [0.2, 0.25) is 11.8 Å². The second-order valence-corrected chi connectivity index (χ2v) is 7.56. The lowest BCUT2D eigenvalue weighted by atomic mass is 10.1. The summed E-state index contributed by atoms with van der Waals surface area (Å²) >= 11 is 0. The molecule has 0 aliphatic carbocycles. The van der Waals surface area contributed by atoms with E-state index < -0.39 is 12.0 Å². The summed E-state index contributed by atoms with van der Waals surface area (Å²) in [4.78, 5) is 47.2. The first-order valence-electron chi connectivity index (χ1n) is 10.2. The first-order valence-corrected chi connectivity index (χ1v) is 10.2. The standard InChI is InChI=1S/C22H33N3O5/c1-15(2)30-22(29)20(11-10-16(3)26)25-21(28)14-23-13-19(24-17(4)27)12-18-8-6-5-7-9-18/h5-9,15,19-20,23H,10-14H2,1-4H3,(H,24,27)(H,25,28). The third-order valence-electron chi connectivity index (χ3n) is 4.17. The number of nitrogens with one attached hydrogen (secondary N) is 3. The van der Waals surface area contributed by atoms with E-state index in [1.54, 1.807) is 13.8 Å². The van der Waals surface area contributed by atoms with Crippen molar-refractivity contribution in [3.05, 3.63) is 35.9 Å². The first kappa shape index (κ1) is 25.3. The average molecular weight is 420 g/mol. The number of ether oxygens (including phenoxy) is 1. The fourth-order valence-electron chi connectivity index (χ4n) is 2.88. The molecule has 0 radical (unpaired) electrons. The van der Waals surface area contributed by atoms with Gasteiger partial charge in [0, 0.05) is 25.9 Å². The fraction of sp³-hybridized carbons (Fsp3) is 0.545. The predicted octanol–water partition coefficient (Wildman–Crippen LogP) is 1.13. The molecule has 0 bridgehead atoms. The van der Waals surface area contributed by atoms with E-state index in [-0.39, 0.29) is 49.1 Å². The zero-order valence-electron chi connectivity index (χ0n) is 18.2. The molecule has 166 valence electrons. The van der Waals surface area contributed by atoms with Gasteiger partial charge in [-0.15, -0.1) is 0 Å². The number of carbonyl (C=O) groups is 4. The molecule has 0 saturated heterocycles. The van der Waals surface area contributed by atoms with Gasteiger partial charge < -0.3 is 25.5 Å². The summed E-state index contributed by atoms with van der Waals surface area (Å²) in [7, 11) is 0. The molecule has 3 N–H and O–H groups in total. The van der Waals surface area contributed by atoms with Gasteiger partial charge in [0.05, 0.1) is 12.6 Å². The maximum absolute atomic E-state index is 12.3. The average Bonchev–Trinajstić information content (AvgIpc) is 2.64. The van der Waals surface area contributed by atoms with Crippen LogP contribution in [-0.4, -0.2) is 54.8 Å². The molecule has 8 nitrogen and oxygen atoms in total. The molecule has 0 aromatic heterocycles. The van der Waals surface area contributed by atoms with Crippen LogP contribution in [0.25, 0.3) is 0 Å². The minimum absolute atomic E-state index is 0.0313. The normalized spacial score (nSPS) is 12.7. The van der Waals surface area contributed by atoms with Crippen LogP contribution in [0.5, 0.6) is 0 Å². The highest BCUT2D eigenvalue weighted by Gasteiger charge is 2.23. The lowest BCUT2D eigenvalue weighted by Crippen LogP contribution is -2.48. The Morgan fingerprint density at radius 2 is 1.67 bits per heavy atom. The van der Waals surface area contributed by atoms with E-state index in [2.05, 4.69) is 16.0 Å². The van der Waals surface area contributed by atoms with Crippen molar-refractivity contribution < 1.29 is 23.9 Å². The minimum Gasteiger partial charge on any atom is -0.461 e. The van der Waals surface area contributed by atoms with E-state index in [0.717, 1.165) is 5.56 Å². The Kier molecular flexibility index (Phi) is 11.4. The number of benzene rings is 1. The second-order valence-electron chi connectivity index (χ2n) is 7.56. The van der Waals surface area contributed by atoms with Crippen molar-refractivity contribution in [1.29, 1.82) is 0 Å². The van der Waals surface area contributed by atoms with Crippen LogP contribution in [0, 0.1) is 0 Å². The van der Waals surface area contributed by atoms with E-state index in [0.29, 0.717) is 13.0 Å². The number of hydrogen-bond donors (Lipinski definition) is 3. The molecule has 2 unspecified atom stereocenters. The van der Waals surface area contributed by atoms with Crippen molar-refractivity contribution in [2.75, 3.05) is 13.1 Å². The minimum atomic E-state index is -0.874. The third-order valence-corrected chi connectivity index (χ3v) is 4.17. The molecular weight excluding hydrogens is 386 g/mol. The molecule has 2 atom stereocenters. The summed E-state index contributed by atoms with van der Waals surface area (Å²) in [5.74, 6) is -1.16. The Morgan fingerprint density at radius 3 is 2.23 bits per heavy atom. The van der Waals surface area contributed by atoms with E-state index >= 15 is 0 Å². The Bertz CT molecular complexity index is 706. The maximum atomic E-state index is 12.3. The van der Waals surface area contributed by atoms with Crippen LogP contribution in [-0.2, 0) is 30.3 Å². The highest BCUT2D eigenvalue weighted by molar-refractivity contribution is 5.86. The van der Waals surface area contributed by atoms with Gasteiger partial charge in [-0.25, -0.2) is 4.79 Å². The molecule has 0 aliphatic rings. The Labute approximate surface area is 178 Å². The number of carbonyl (C=O) groups excluding carboxylic acids is 4. The zero-order valence-corrected chi connectivity index (χ0v) is 18.2.